The van der Waals surface area contributed by atoms with E-state index in [0.717, 1.165) is 19.3 Å². The zero-order valence-electron chi connectivity index (χ0n) is 21.2. The second-order valence-electron chi connectivity index (χ2n) is 9.70. The first-order valence-electron chi connectivity index (χ1n) is 12.3. The second kappa shape index (κ2) is 12.3. The van der Waals surface area contributed by atoms with Gasteiger partial charge in [-0.05, 0) is 67.0 Å². The fraction of sp³-hybridized carbons (Fsp3) is 0.429. The summed E-state index contributed by atoms with van der Waals surface area (Å²) in [6.45, 7) is 7.31. The summed E-state index contributed by atoms with van der Waals surface area (Å²) in [4.78, 5) is 49.2. The average molecular weight is 495 g/mol. The molecule has 0 spiro atoms. The Morgan fingerprint density at radius 3 is 2.06 bits per heavy atom. The van der Waals surface area contributed by atoms with Crippen LogP contribution in [0.2, 0.25) is 0 Å². The van der Waals surface area contributed by atoms with E-state index in [-0.39, 0.29) is 29.1 Å². The molecule has 2 aromatic rings. The highest BCUT2D eigenvalue weighted by Gasteiger charge is 2.34. The maximum absolute atomic E-state index is 13.1. The van der Waals surface area contributed by atoms with Crippen LogP contribution < -0.4 is 10.6 Å². The zero-order chi connectivity index (χ0) is 26.2. The minimum absolute atomic E-state index is 0.0555. The van der Waals surface area contributed by atoms with Crippen molar-refractivity contribution in [2.75, 3.05) is 17.2 Å². The van der Waals surface area contributed by atoms with Crippen LogP contribution in [0, 0.1) is 17.8 Å². The van der Waals surface area contributed by atoms with Crippen molar-refractivity contribution in [3.63, 3.8) is 0 Å². The topological polar surface area (TPSA) is 111 Å². The summed E-state index contributed by atoms with van der Waals surface area (Å²) in [6.07, 6.45) is 2.72. The van der Waals surface area contributed by atoms with Crippen LogP contribution in [0.3, 0.4) is 0 Å². The van der Waals surface area contributed by atoms with Gasteiger partial charge in [0.25, 0.3) is 5.91 Å². The number of amides is 2. The molecule has 1 fully saturated rings. The van der Waals surface area contributed by atoms with E-state index in [2.05, 4.69) is 31.4 Å². The summed E-state index contributed by atoms with van der Waals surface area (Å²) >= 11 is 0. The maximum atomic E-state index is 13.1. The highest BCUT2D eigenvalue weighted by Crippen LogP contribution is 2.35. The lowest BCUT2D eigenvalue weighted by Gasteiger charge is -2.36. The molecule has 2 N–H and O–H groups in total. The predicted molar refractivity (Wildman–Crippen MR) is 137 cm³/mol. The van der Waals surface area contributed by atoms with Gasteiger partial charge in [-0.15, -0.1) is 0 Å². The molecule has 192 valence electrons. The van der Waals surface area contributed by atoms with Crippen LogP contribution in [0.1, 0.15) is 67.7 Å². The summed E-state index contributed by atoms with van der Waals surface area (Å²) in [5.41, 5.74) is 1.26. The van der Waals surface area contributed by atoms with Gasteiger partial charge in [0.2, 0.25) is 5.91 Å². The number of esters is 2. The van der Waals surface area contributed by atoms with E-state index in [4.69, 9.17) is 9.47 Å². The van der Waals surface area contributed by atoms with Crippen molar-refractivity contribution >= 4 is 35.1 Å². The molecule has 3 rings (SSSR count). The molecule has 0 heterocycles. The number of hydrogen-bond acceptors (Lipinski definition) is 6. The van der Waals surface area contributed by atoms with Crippen molar-refractivity contribution in [2.45, 2.75) is 53.1 Å². The molecule has 0 radical (unpaired) electrons. The second-order valence-corrected chi connectivity index (χ2v) is 9.70. The van der Waals surface area contributed by atoms with Crippen molar-refractivity contribution in [3.05, 3.63) is 59.7 Å². The summed E-state index contributed by atoms with van der Waals surface area (Å²) < 4.78 is 11.1. The molecule has 0 aliphatic heterocycles. The van der Waals surface area contributed by atoms with Gasteiger partial charge in [-0.1, -0.05) is 39.3 Å². The van der Waals surface area contributed by atoms with Crippen molar-refractivity contribution < 1.29 is 28.7 Å². The van der Waals surface area contributed by atoms with Crippen molar-refractivity contribution in [3.8, 4) is 0 Å². The van der Waals surface area contributed by atoms with Gasteiger partial charge in [-0.2, -0.15) is 0 Å². The third kappa shape index (κ3) is 7.41. The number of rotatable bonds is 8. The number of hydrogen-bond donors (Lipinski definition) is 2. The number of benzene rings is 2. The number of carbonyl (C=O) groups excluding carboxylic acids is 4. The average Bonchev–Trinajstić information content (AvgIpc) is 2.83. The summed E-state index contributed by atoms with van der Waals surface area (Å²) in [6, 6.07) is 12.8. The standard InChI is InChI=1S/C28H34N2O6/c1-17(2)22-14-9-18(3)15-25(22)36-28(34)24-8-6-5-7-23(24)27(33)35-16-26(32)30-21-12-10-20(11-13-21)29-19(4)31/h5-8,10-13,17-18,22,25H,9,14-16H2,1-4H3,(H,29,31)(H,30,32)/t18-,22-,25-/m1/s1. The van der Waals surface area contributed by atoms with Crippen LogP contribution in [0.5, 0.6) is 0 Å². The first kappa shape index (κ1) is 26.9. The van der Waals surface area contributed by atoms with Gasteiger partial charge in [-0.3, -0.25) is 9.59 Å². The number of anilines is 2. The van der Waals surface area contributed by atoms with E-state index >= 15 is 0 Å². The Kier molecular flexibility index (Phi) is 9.22. The first-order valence-corrected chi connectivity index (χ1v) is 12.3. The minimum Gasteiger partial charge on any atom is -0.458 e. The van der Waals surface area contributed by atoms with E-state index in [0.29, 0.717) is 23.2 Å². The van der Waals surface area contributed by atoms with Gasteiger partial charge < -0.3 is 20.1 Å². The predicted octanol–water partition coefficient (Wildman–Crippen LogP) is 5.06. The Labute approximate surface area is 211 Å². The van der Waals surface area contributed by atoms with E-state index in [1.165, 1.54) is 19.1 Å². The molecule has 3 atom stereocenters. The molecule has 1 aliphatic carbocycles. The zero-order valence-corrected chi connectivity index (χ0v) is 21.2. The third-order valence-corrected chi connectivity index (χ3v) is 6.41. The van der Waals surface area contributed by atoms with Gasteiger partial charge in [0, 0.05) is 18.3 Å². The summed E-state index contributed by atoms with van der Waals surface area (Å²) in [5, 5.41) is 5.25. The Morgan fingerprint density at radius 2 is 1.47 bits per heavy atom. The number of nitrogens with one attached hydrogen (secondary N) is 2. The maximum Gasteiger partial charge on any atom is 0.339 e. The molecule has 0 saturated heterocycles. The fourth-order valence-corrected chi connectivity index (χ4v) is 4.54. The monoisotopic (exact) mass is 494 g/mol. The van der Waals surface area contributed by atoms with Crippen LogP contribution in [0.25, 0.3) is 0 Å². The molecule has 2 aromatic carbocycles. The SMILES string of the molecule is CC(=O)Nc1ccc(NC(=O)COC(=O)c2ccccc2C(=O)O[C@@H]2C[C@H](C)CC[C@@H]2C(C)C)cc1. The normalized spacial score (nSPS) is 19.3. The molecule has 36 heavy (non-hydrogen) atoms. The van der Waals surface area contributed by atoms with Crippen LogP contribution in [0.4, 0.5) is 11.4 Å². The van der Waals surface area contributed by atoms with E-state index in [9.17, 15) is 19.2 Å². The number of carbonyl (C=O) groups is 4. The van der Waals surface area contributed by atoms with Crippen LogP contribution in [-0.4, -0.2) is 36.5 Å². The Morgan fingerprint density at radius 1 is 0.889 bits per heavy atom. The third-order valence-electron chi connectivity index (χ3n) is 6.41. The summed E-state index contributed by atoms with van der Waals surface area (Å²) in [5.74, 6) is -0.941. The van der Waals surface area contributed by atoms with Crippen molar-refractivity contribution in [1.29, 1.82) is 0 Å². The lowest BCUT2D eigenvalue weighted by Crippen LogP contribution is -2.36. The van der Waals surface area contributed by atoms with Crippen LogP contribution >= 0.6 is 0 Å². The molecule has 1 aliphatic rings. The van der Waals surface area contributed by atoms with Crippen molar-refractivity contribution in [2.24, 2.45) is 17.8 Å². The largest absolute Gasteiger partial charge is 0.458 e. The van der Waals surface area contributed by atoms with Crippen LogP contribution in [0.15, 0.2) is 48.5 Å². The van der Waals surface area contributed by atoms with Gasteiger partial charge in [0.1, 0.15) is 6.10 Å². The highest BCUT2D eigenvalue weighted by molar-refractivity contribution is 6.04. The molecule has 8 nitrogen and oxygen atoms in total. The molecular weight excluding hydrogens is 460 g/mol. The molecule has 0 bridgehead atoms. The van der Waals surface area contributed by atoms with Gasteiger partial charge >= 0.3 is 11.9 Å². The quantitative estimate of drug-likeness (QED) is 0.497. The van der Waals surface area contributed by atoms with E-state index in [1.807, 2.05) is 0 Å². The number of ether oxygens (including phenoxy) is 2. The van der Waals surface area contributed by atoms with Crippen molar-refractivity contribution in [1.82, 2.24) is 0 Å². The van der Waals surface area contributed by atoms with Crippen LogP contribution in [-0.2, 0) is 19.1 Å². The Bertz CT molecular complexity index is 1100. The first-order chi connectivity index (χ1) is 17.1. The Hall–Kier alpha value is -3.68. The molecular formula is C28H34N2O6. The smallest absolute Gasteiger partial charge is 0.339 e. The van der Waals surface area contributed by atoms with Gasteiger partial charge in [0.15, 0.2) is 6.61 Å². The molecule has 2 amide bonds. The molecule has 1 saturated carbocycles. The molecule has 8 heteroatoms. The van der Waals surface area contributed by atoms with Gasteiger partial charge in [-0.25, -0.2) is 9.59 Å². The fourth-order valence-electron chi connectivity index (χ4n) is 4.54. The van der Waals surface area contributed by atoms with E-state index < -0.39 is 24.5 Å². The molecule has 0 aromatic heterocycles. The van der Waals surface area contributed by atoms with Gasteiger partial charge in [0.05, 0.1) is 11.1 Å². The summed E-state index contributed by atoms with van der Waals surface area (Å²) in [7, 11) is 0. The minimum atomic E-state index is -0.781. The lowest BCUT2D eigenvalue weighted by molar-refractivity contribution is -0.119. The van der Waals surface area contributed by atoms with E-state index in [1.54, 1.807) is 36.4 Å². The molecule has 0 unspecified atom stereocenters. The lowest BCUT2D eigenvalue weighted by atomic mass is 9.75. The Balaban J connectivity index is 1.60. The highest BCUT2D eigenvalue weighted by atomic mass is 16.5.